The van der Waals surface area contributed by atoms with Gasteiger partial charge in [-0.25, -0.2) is 4.99 Å². The van der Waals surface area contributed by atoms with Crippen LogP contribution in [0.15, 0.2) is 4.99 Å². The van der Waals surface area contributed by atoms with Crippen molar-refractivity contribution in [3.05, 3.63) is 0 Å². The van der Waals surface area contributed by atoms with Gasteiger partial charge >= 0.3 is 0 Å². The summed E-state index contributed by atoms with van der Waals surface area (Å²) in [5.41, 5.74) is 6.41. The molecule has 0 aromatic rings. The molecule has 0 radical (unpaired) electrons. The smallest absolute Gasteiger partial charge is 0.189 e. The van der Waals surface area contributed by atoms with Crippen LogP contribution < -0.4 is 11.1 Å². The van der Waals surface area contributed by atoms with Crippen LogP contribution in [0.5, 0.6) is 0 Å². The molecule has 0 spiro atoms. The number of rotatable bonds is 2. The highest BCUT2D eigenvalue weighted by atomic mass is 15.1. The maximum absolute atomic E-state index is 6.10. The molecule has 2 fully saturated rings. The van der Waals surface area contributed by atoms with Crippen molar-refractivity contribution in [2.75, 3.05) is 0 Å². The topological polar surface area (TPSA) is 50.4 Å². The van der Waals surface area contributed by atoms with Gasteiger partial charge in [-0.15, -0.1) is 0 Å². The van der Waals surface area contributed by atoms with Crippen molar-refractivity contribution in [1.29, 1.82) is 0 Å². The Morgan fingerprint density at radius 3 is 2.39 bits per heavy atom. The summed E-state index contributed by atoms with van der Waals surface area (Å²) in [4.78, 5) is 4.77. The Kier molecular flexibility index (Phi) is 4.52. The van der Waals surface area contributed by atoms with Crippen LogP contribution in [-0.4, -0.2) is 18.0 Å². The fourth-order valence-electron chi connectivity index (χ4n) is 3.38. The summed E-state index contributed by atoms with van der Waals surface area (Å²) in [7, 11) is 0. The highest BCUT2D eigenvalue weighted by Crippen LogP contribution is 2.37. The summed E-state index contributed by atoms with van der Waals surface area (Å²) in [6.07, 6.45) is 11.7. The minimum Gasteiger partial charge on any atom is -0.370 e. The molecule has 0 heterocycles. The first-order chi connectivity index (χ1) is 8.58. The number of nitrogens with one attached hydrogen (secondary N) is 1. The van der Waals surface area contributed by atoms with E-state index in [1.807, 2.05) is 0 Å². The van der Waals surface area contributed by atoms with Crippen LogP contribution in [0.4, 0.5) is 0 Å². The normalized spacial score (nSPS) is 30.1. The number of hydrogen-bond acceptors (Lipinski definition) is 1. The predicted molar refractivity (Wildman–Crippen MR) is 77.7 cm³/mol. The van der Waals surface area contributed by atoms with E-state index in [2.05, 4.69) is 19.2 Å². The first kappa shape index (κ1) is 13.7. The molecular weight excluding hydrogens is 222 g/mol. The molecule has 1 unspecified atom stereocenters. The van der Waals surface area contributed by atoms with Crippen LogP contribution in [0.3, 0.4) is 0 Å². The summed E-state index contributed by atoms with van der Waals surface area (Å²) in [5.74, 6) is 0.682. The standard InChI is InChI=1S/C15H29N3/c1-15(2)11-7-6-10-13(15)18-14(16)17-12-8-4-3-5-9-12/h12-13H,3-11H2,1-2H3,(H3,16,17,18). The molecule has 0 aromatic carbocycles. The molecule has 2 rings (SSSR count). The van der Waals surface area contributed by atoms with Gasteiger partial charge in [0.25, 0.3) is 0 Å². The average Bonchev–Trinajstić information content (AvgIpc) is 2.33. The SMILES string of the molecule is CC1(C)CCCCC1N=C(N)NC1CCCCC1. The van der Waals surface area contributed by atoms with Gasteiger partial charge in [-0.3, -0.25) is 0 Å². The van der Waals surface area contributed by atoms with Gasteiger partial charge in [0.2, 0.25) is 0 Å². The Labute approximate surface area is 112 Å². The van der Waals surface area contributed by atoms with Crippen molar-refractivity contribution in [2.45, 2.75) is 83.7 Å². The second-order valence-corrected chi connectivity index (χ2v) is 6.74. The first-order valence-electron chi connectivity index (χ1n) is 7.68. The van der Waals surface area contributed by atoms with Crippen molar-refractivity contribution >= 4 is 5.96 Å². The molecule has 0 amide bonds. The highest BCUT2D eigenvalue weighted by Gasteiger charge is 2.32. The summed E-state index contributed by atoms with van der Waals surface area (Å²) < 4.78 is 0. The summed E-state index contributed by atoms with van der Waals surface area (Å²) in [5, 5.41) is 3.43. The van der Waals surface area contributed by atoms with Crippen LogP contribution in [0.2, 0.25) is 0 Å². The van der Waals surface area contributed by atoms with Gasteiger partial charge < -0.3 is 11.1 Å². The third-order valence-electron chi connectivity index (χ3n) is 4.70. The van der Waals surface area contributed by atoms with E-state index in [0.29, 0.717) is 23.5 Å². The molecule has 0 aliphatic heterocycles. The zero-order chi connectivity index (χ0) is 13.0. The highest BCUT2D eigenvalue weighted by molar-refractivity contribution is 5.78. The number of hydrogen-bond donors (Lipinski definition) is 2. The fraction of sp³-hybridized carbons (Fsp3) is 0.933. The molecule has 0 saturated heterocycles. The summed E-state index contributed by atoms with van der Waals surface area (Å²) in [6, 6.07) is 0.969. The van der Waals surface area contributed by atoms with Crippen LogP contribution >= 0.6 is 0 Å². The molecule has 2 saturated carbocycles. The lowest BCUT2D eigenvalue weighted by Crippen LogP contribution is -2.43. The van der Waals surface area contributed by atoms with Crippen molar-refractivity contribution < 1.29 is 0 Å². The van der Waals surface area contributed by atoms with E-state index in [4.69, 9.17) is 10.7 Å². The van der Waals surface area contributed by atoms with Gasteiger partial charge in [0, 0.05) is 6.04 Å². The van der Waals surface area contributed by atoms with E-state index in [-0.39, 0.29) is 0 Å². The third kappa shape index (κ3) is 3.63. The van der Waals surface area contributed by atoms with E-state index in [9.17, 15) is 0 Å². The lowest BCUT2D eigenvalue weighted by Gasteiger charge is -2.36. The van der Waals surface area contributed by atoms with Gasteiger partial charge in [0.05, 0.1) is 6.04 Å². The quantitative estimate of drug-likeness (QED) is 0.585. The number of aliphatic imine (C=N–C) groups is 1. The van der Waals surface area contributed by atoms with Crippen LogP contribution in [-0.2, 0) is 0 Å². The summed E-state index contributed by atoms with van der Waals surface area (Å²) >= 11 is 0. The van der Waals surface area contributed by atoms with Crippen LogP contribution in [0.1, 0.15) is 71.6 Å². The molecule has 1 atom stereocenters. The van der Waals surface area contributed by atoms with Crippen molar-refractivity contribution in [2.24, 2.45) is 16.1 Å². The largest absolute Gasteiger partial charge is 0.370 e. The zero-order valence-corrected chi connectivity index (χ0v) is 12.0. The minimum atomic E-state index is 0.317. The van der Waals surface area contributed by atoms with E-state index in [1.54, 1.807) is 0 Å². The van der Waals surface area contributed by atoms with E-state index in [0.717, 1.165) is 0 Å². The third-order valence-corrected chi connectivity index (χ3v) is 4.70. The van der Waals surface area contributed by atoms with E-state index < -0.39 is 0 Å². The fourth-order valence-corrected chi connectivity index (χ4v) is 3.38. The minimum absolute atomic E-state index is 0.317. The van der Waals surface area contributed by atoms with E-state index in [1.165, 1.54) is 57.8 Å². The summed E-state index contributed by atoms with van der Waals surface area (Å²) in [6.45, 7) is 4.66. The number of nitrogens with zero attached hydrogens (tertiary/aromatic N) is 1. The molecule has 104 valence electrons. The van der Waals surface area contributed by atoms with Crippen molar-refractivity contribution in [3.63, 3.8) is 0 Å². The Morgan fingerprint density at radius 1 is 1.06 bits per heavy atom. The maximum atomic E-state index is 6.10. The van der Waals surface area contributed by atoms with E-state index >= 15 is 0 Å². The second kappa shape index (κ2) is 5.94. The van der Waals surface area contributed by atoms with Crippen LogP contribution in [0.25, 0.3) is 0 Å². The van der Waals surface area contributed by atoms with Crippen molar-refractivity contribution in [1.82, 2.24) is 5.32 Å². The monoisotopic (exact) mass is 251 g/mol. The van der Waals surface area contributed by atoms with Crippen LogP contribution in [0, 0.1) is 5.41 Å². The van der Waals surface area contributed by atoms with Gasteiger partial charge in [-0.2, -0.15) is 0 Å². The second-order valence-electron chi connectivity index (χ2n) is 6.74. The average molecular weight is 251 g/mol. The zero-order valence-electron chi connectivity index (χ0n) is 12.0. The molecule has 3 nitrogen and oxygen atoms in total. The molecular formula is C15H29N3. The first-order valence-corrected chi connectivity index (χ1v) is 7.68. The van der Waals surface area contributed by atoms with Gasteiger partial charge in [0.15, 0.2) is 5.96 Å². The van der Waals surface area contributed by atoms with Crippen molar-refractivity contribution in [3.8, 4) is 0 Å². The van der Waals surface area contributed by atoms with Gasteiger partial charge in [-0.1, -0.05) is 46.0 Å². The number of nitrogens with two attached hydrogens (primary N) is 1. The molecule has 3 N–H and O–H groups in total. The molecule has 3 heteroatoms. The molecule has 0 aromatic heterocycles. The molecule has 0 bridgehead atoms. The van der Waals surface area contributed by atoms with Gasteiger partial charge in [-0.05, 0) is 31.1 Å². The predicted octanol–water partition coefficient (Wildman–Crippen LogP) is 3.19. The maximum Gasteiger partial charge on any atom is 0.189 e. The Hall–Kier alpha value is -0.730. The molecule has 2 aliphatic rings. The Balaban J connectivity index is 1.89. The van der Waals surface area contributed by atoms with Gasteiger partial charge in [0.1, 0.15) is 0 Å². The lowest BCUT2D eigenvalue weighted by molar-refractivity contribution is 0.203. The molecule has 18 heavy (non-hydrogen) atoms. The Morgan fingerprint density at radius 2 is 1.72 bits per heavy atom. The Bertz CT molecular complexity index is 290. The lowest BCUT2D eigenvalue weighted by atomic mass is 9.73. The number of guanidine groups is 1. The molecule has 2 aliphatic carbocycles.